The van der Waals surface area contributed by atoms with Gasteiger partial charge in [-0.05, 0) is 12.1 Å². The second kappa shape index (κ2) is 5.20. The second-order valence-corrected chi connectivity index (χ2v) is 4.12. The van der Waals surface area contributed by atoms with Gasteiger partial charge < -0.3 is 8.83 Å². The molecule has 0 saturated heterocycles. The van der Waals surface area contributed by atoms with Gasteiger partial charge in [-0.2, -0.15) is 0 Å². The molecule has 0 aliphatic rings. The number of hydrogen-bond donors (Lipinski definition) is 0. The van der Waals surface area contributed by atoms with Crippen molar-refractivity contribution in [3.8, 4) is 23.2 Å². The van der Waals surface area contributed by atoms with E-state index in [-0.39, 0.29) is 0 Å². The fraction of sp³-hybridized carbons (Fsp3) is 0.308. The lowest BCUT2D eigenvalue weighted by atomic mass is 10.3. The van der Waals surface area contributed by atoms with E-state index in [1.807, 2.05) is 19.9 Å². The first-order valence-corrected chi connectivity index (χ1v) is 6.42. The molecule has 0 spiro atoms. The molecule has 0 radical (unpaired) electrons. The van der Waals surface area contributed by atoms with Gasteiger partial charge in [0.1, 0.15) is 11.4 Å². The van der Waals surface area contributed by atoms with Crippen molar-refractivity contribution in [1.29, 1.82) is 0 Å². The summed E-state index contributed by atoms with van der Waals surface area (Å²) in [5, 5.41) is 15.8. The fourth-order valence-corrected chi connectivity index (χ4v) is 1.67. The Labute approximate surface area is 115 Å². The summed E-state index contributed by atoms with van der Waals surface area (Å²) >= 11 is 0. The van der Waals surface area contributed by atoms with Crippen LogP contribution in [0.1, 0.15) is 25.6 Å². The Morgan fingerprint density at radius 2 is 1.30 bits per heavy atom. The third-order valence-electron chi connectivity index (χ3n) is 2.73. The van der Waals surface area contributed by atoms with E-state index in [9.17, 15) is 0 Å². The molecular formula is C13H13N5O2. The smallest absolute Gasteiger partial charge is 0.266 e. The Morgan fingerprint density at radius 1 is 0.800 bits per heavy atom. The standard InChI is InChI=1S/C13H13N5O2/c1-3-10-15-17-12(19-10)8-6-5-7-9(14-8)13-18-16-11(4-2)20-13/h5-7H,3-4H2,1-2H3. The maximum absolute atomic E-state index is 5.48. The van der Waals surface area contributed by atoms with E-state index in [4.69, 9.17) is 8.83 Å². The summed E-state index contributed by atoms with van der Waals surface area (Å²) in [6.45, 7) is 3.90. The van der Waals surface area contributed by atoms with E-state index in [2.05, 4.69) is 25.4 Å². The molecule has 0 aromatic carbocycles. The molecule has 0 bridgehead atoms. The van der Waals surface area contributed by atoms with Gasteiger partial charge >= 0.3 is 0 Å². The average Bonchev–Trinajstić information content (AvgIpc) is 3.16. The normalized spacial score (nSPS) is 10.9. The van der Waals surface area contributed by atoms with Gasteiger partial charge in [0, 0.05) is 12.8 Å². The zero-order valence-electron chi connectivity index (χ0n) is 11.2. The molecule has 0 aliphatic carbocycles. The third-order valence-corrected chi connectivity index (χ3v) is 2.73. The molecule has 0 fully saturated rings. The van der Waals surface area contributed by atoms with Gasteiger partial charge in [-0.15, -0.1) is 20.4 Å². The van der Waals surface area contributed by atoms with Gasteiger partial charge in [-0.3, -0.25) is 0 Å². The van der Waals surface area contributed by atoms with Gasteiger partial charge in [0.15, 0.2) is 0 Å². The number of pyridine rings is 1. The first-order valence-electron chi connectivity index (χ1n) is 6.42. The highest BCUT2D eigenvalue weighted by molar-refractivity contribution is 5.54. The average molecular weight is 271 g/mol. The molecule has 0 aliphatic heterocycles. The minimum Gasteiger partial charge on any atom is -0.419 e. The molecule has 0 saturated carbocycles. The van der Waals surface area contributed by atoms with Crippen molar-refractivity contribution in [3.05, 3.63) is 30.0 Å². The molecule has 0 N–H and O–H groups in total. The number of nitrogens with zero attached hydrogens (tertiary/aromatic N) is 5. The van der Waals surface area contributed by atoms with Crippen LogP contribution in [-0.4, -0.2) is 25.4 Å². The van der Waals surface area contributed by atoms with Gasteiger partial charge in [-0.25, -0.2) is 4.98 Å². The van der Waals surface area contributed by atoms with Crippen molar-refractivity contribution in [2.45, 2.75) is 26.7 Å². The minimum absolute atomic E-state index is 0.388. The van der Waals surface area contributed by atoms with Crippen molar-refractivity contribution in [3.63, 3.8) is 0 Å². The molecule has 0 amide bonds. The minimum atomic E-state index is 0.388. The van der Waals surface area contributed by atoms with E-state index in [0.717, 1.165) is 0 Å². The molecular weight excluding hydrogens is 258 g/mol. The van der Waals surface area contributed by atoms with E-state index in [1.54, 1.807) is 12.1 Å². The van der Waals surface area contributed by atoms with Crippen LogP contribution in [-0.2, 0) is 12.8 Å². The van der Waals surface area contributed by atoms with Crippen LogP contribution in [0.15, 0.2) is 27.0 Å². The maximum Gasteiger partial charge on any atom is 0.266 e. The lowest BCUT2D eigenvalue weighted by Crippen LogP contribution is -1.88. The number of aromatic nitrogens is 5. The molecule has 3 aromatic rings. The molecule has 7 heteroatoms. The van der Waals surface area contributed by atoms with Crippen LogP contribution < -0.4 is 0 Å². The van der Waals surface area contributed by atoms with E-state index < -0.39 is 0 Å². The van der Waals surface area contributed by atoms with Crippen molar-refractivity contribution >= 4 is 0 Å². The van der Waals surface area contributed by atoms with Gasteiger partial charge in [0.2, 0.25) is 11.8 Å². The van der Waals surface area contributed by atoms with Crippen LogP contribution in [0, 0.1) is 0 Å². The van der Waals surface area contributed by atoms with Crippen LogP contribution in [0.25, 0.3) is 23.2 Å². The van der Waals surface area contributed by atoms with Crippen molar-refractivity contribution in [2.75, 3.05) is 0 Å². The summed E-state index contributed by atoms with van der Waals surface area (Å²) in [6, 6.07) is 5.43. The predicted octanol–water partition coefficient (Wildman–Crippen LogP) is 2.31. The van der Waals surface area contributed by atoms with E-state index in [1.165, 1.54) is 0 Å². The van der Waals surface area contributed by atoms with Crippen LogP contribution in [0.5, 0.6) is 0 Å². The molecule has 20 heavy (non-hydrogen) atoms. The van der Waals surface area contributed by atoms with Gasteiger partial charge in [-0.1, -0.05) is 19.9 Å². The molecule has 102 valence electrons. The molecule has 3 aromatic heterocycles. The summed E-state index contributed by atoms with van der Waals surface area (Å²) in [7, 11) is 0. The first kappa shape index (κ1) is 12.5. The lowest BCUT2D eigenvalue weighted by molar-refractivity contribution is 0.508. The largest absolute Gasteiger partial charge is 0.419 e. The fourth-order valence-electron chi connectivity index (χ4n) is 1.67. The summed E-state index contributed by atoms with van der Waals surface area (Å²) in [6.07, 6.45) is 1.38. The molecule has 3 heterocycles. The predicted molar refractivity (Wildman–Crippen MR) is 69.6 cm³/mol. The number of aryl methyl sites for hydroxylation is 2. The van der Waals surface area contributed by atoms with Crippen molar-refractivity contribution in [1.82, 2.24) is 25.4 Å². The second-order valence-electron chi connectivity index (χ2n) is 4.12. The molecule has 7 nitrogen and oxygen atoms in total. The van der Waals surface area contributed by atoms with Crippen molar-refractivity contribution in [2.24, 2.45) is 0 Å². The van der Waals surface area contributed by atoms with E-state index in [0.29, 0.717) is 47.8 Å². The quantitative estimate of drug-likeness (QED) is 0.719. The maximum atomic E-state index is 5.48. The Balaban J connectivity index is 1.96. The monoisotopic (exact) mass is 271 g/mol. The van der Waals surface area contributed by atoms with Gasteiger partial charge in [0.25, 0.3) is 11.8 Å². The summed E-state index contributed by atoms with van der Waals surface area (Å²) in [4.78, 5) is 4.42. The molecule has 3 rings (SSSR count). The van der Waals surface area contributed by atoms with Crippen LogP contribution in [0.2, 0.25) is 0 Å². The van der Waals surface area contributed by atoms with E-state index >= 15 is 0 Å². The third kappa shape index (κ3) is 2.29. The summed E-state index contributed by atoms with van der Waals surface area (Å²) in [5.41, 5.74) is 1.18. The molecule has 0 unspecified atom stereocenters. The van der Waals surface area contributed by atoms with Crippen LogP contribution in [0.3, 0.4) is 0 Å². The SMILES string of the molecule is CCc1nnc(-c2cccc(-c3nnc(CC)o3)n2)o1. The summed E-state index contributed by atoms with van der Waals surface area (Å²) < 4.78 is 11.0. The van der Waals surface area contributed by atoms with Crippen molar-refractivity contribution < 1.29 is 8.83 Å². The van der Waals surface area contributed by atoms with Gasteiger partial charge in [0.05, 0.1) is 0 Å². The zero-order valence-corrected chi connectivity index (χ0v) is 11.2. The highest BCUT2D eigenvalue weighted by Crippen LogP contribution is 2.21. The number of rotatable bonds is 4. The summed E-state index contributed by atoms with van der Waals surface area (Å²) in [5.74, 6) is 1.94. The highest BCUT2D eigenvalue weighted by atomic mass is 16.4. The zero-order chi connectivity index (χ0) is 13.9. The Bertz CT molecular complexity index is 661. The highest BCUT2D eigenvalue weighted by Gasteiger charge is 2.13. The molecule has 0 atom stereocenters. The Kier molecular flexibility index (Phi) is 3.24. The van der Waals surface area contributed by atoms with Crippen LogP contribution >= 0.6 is 0 Å². The van der Waals surface area contributed by atoms with Crippen LogP contribution in [0.4, 0.5) is 0 Å². The first-order chi connectivity index (χ1) is 9.80. The lowest BCUT2D eigenvalue weighted by Gasteiger charge is -1.97. The number of hydrogen-bond acceptors (Lipinski definition) is 7. The Hall–Kier alpha value is -2.57. The Morgan fingerprint density at radius 3 is 1.70 bits per heavy atom. The topological polar surface area (TPSA) is 90.7 Å².